The second kappa shape index (κ2) is 4.45. The Bertz CT molecular complexity index is 821. The molecule has 2 aromatic heterocycles. The number of hydrogen-bond donors (Lipinski definition) is 1. The molecule has 0 saturated heterocycles. The van der Waals surface area contributed by atoms with E-state index >= 15 is 0 Å². The maximum absolute atomic E-state index is 11.1. The molecule has 0 aliphatic carbocycles. The number of carbonyl (C=O) groups is 1. The SMILES string of the molecule is Cc1cccc(-c2cnc(C)n3cc(C(=O)O)nc23)c1. The molecule has 5 heteroatoms. The van der Waals surface area contributed by atoms with Gasteiger partial charge in [0.1, 0.15) is 11.5 Å². The van der Waals surface area contributed by atoms with Crippen LogP contribution in [0.4, 0.5) is 0 Å². The van der Waals surface area contributed by atoms with Crippen LogP contribution in [-0.4, -0.2) is 25.4 Å². The molecule has 0 spiro atoms. The number of imidazole rings is 1. The van der Waals surface area contributed by atoms with Crippen molar-refractivity contribution in [3.8, 4) is 11.1 Å². The summed E-state index contributed by atoms with van der Waals surface area (Å²) in [7, 11) is 0. The minimum absolute atomic E-state index is 0.0232. The van der Waals surface area contributed by atoms with E-state index in [4.69, 9.17) is 5.11 Å². The van der Waals surface area contributed by atoms with Gasteiger partial charge in [0.25, 0.3) is 0 Å². The van der Waals surface area contributed by atoms with Crippen LogP contribution in [0.1, 0.15) is 21.9 Å². The van der Waals surface area contributed by atoms with Crippen LogP contribution < -0.4 is 0 Å². The number of nitrogens with zero attached hydrogens (tertiary/aromatic N) is 3. The molecule has 0 unspecified atom stereocenters. The number of benzene rings is 1. The summed E-state index contributed by atoms with van der Waals surface area (Å²) < 4.78 is 1.71. The average Bonchev–Trinajstić information content (AvgIpc) is 2.85. The van der Waals surface area contributed by atoms with Gasteiger partial charge in [-0.25, -0.2) is 14.8 Å². The van der Waals surface area contributed by atoms with E-state index in [0.29, 0.717) is 11.5 Å². The molecule has 0 bridgehead atoms. The highest BCUT2D eigenvalue weighted by molar-refractivity contribution is 5.88. The van der Waals surface area contributed by atoms with E-state index in [1.165, 1.54) is 6.20 Å². The third-order valence-electron chi connectivity index (χ3n) is 3.22. The van der Waals surface area contributed by atoms with Crippen molar-refractivity contribution in [1.29, 1.82) is 0 Å². The molecule has 3 rings (SSSR count). The van der Waals surface area contributed by atoms with Crippen LogP contribution in [0.25, 0.3) is 16.8 Å². The number of aromatic carboxylic acids is 1. The first kappa shape index (κ1) is 12.3. The summed E-state index contributed by atoms with van der Waals surface area (Å²) in [5.41, 5.74) is 3.57. The summed E-state index contributed by atoms with van der Waals surface area (Å²) in [6.45, 7) is 3.83. The molecule has 2 heterocycles. The molecule has 0 aliphatic heterocycles. The van der Waals surface area contributed by atoms with Crippen LogP contribution >= 0.6 is 0 Å². The van der Waals surface area contributed by atoms with Crippen molar-refractivity contribution in [1.82, 2.24) is 14.4 Å². The number of fused-ring (bicyclic) bond motifs is 1. The van der Waals surface area contributed by atoms with Gasteiger partial charge < -0.3 is 5.11 Å². The molecule has 0 atom stereocenters. The molecule has 100 valence electrons. The fraction of sp³-hybridized carbons (Fsp3) is 0.133. The lowest BCUT2D eigenvalue weighted by Gasteiger charge is -2.06. The smallest absolute Gasteiger partial charge is 0.356 e. The molecule has 0 aliphatic rings. The van der Waals surface area contributed by atoms with E-state index in [0.717, 1.165) is 16.7 Å². The lowest BCUT2D eigenvalue weighted by atomic mass is 10.1. The zero-order valence-electron chi connectivity index (χ0n) is 11.2. The monoisotopic (exact) mass is 267 g/mol. The largest absolute Gasteiger partial charge is 0.476 e. The predicted octanol–water partition coefficient (Wildman–Crippen LogP) is 2.71. The normalized spacial score (nSPS) is 10.9. The lowest BCUT2D eigenvalue weighted by molar-refractivity contribution is 0.0691. The third kappa shape index (κ3) is 1.93. The van der Waals surface area contributed by atoms with Crippen molar-refractivity contribution < 1.29 is 9.90 Å². The predicted molar refractivity (Wildman–Crippen MR) is 74.9 cm³/mol. The summed E-state index contributed by atoms with van der Waals surface area (Å²) >= 11 is 0. The first-order chi connectivity index (χ1) is 9.56. The highest BCUT2D eigenvalue weighted by atomic mass is 16.4. The maximum Gasteiger partial charge on any atom is 0.356 e. The van der Waals surface area contributed by atoms with Gasteiger partial charge in [-0.05, 0) is 19.4 Å². The van der Waals surface area contributed by atoms with E-state index in [9.17, 15) is 4.79 Å². The number of carboxylic acids is 1. The molecule has 5 nitrogen and oxygen atoms in total. The Morgan fingerprint density at radius 2 is 2.10 bits per heavy atom. The highest BCUT2D eigenvalue weighted by Crippen LogP contribution is 2.25. The van der Waals surface area contributed by atoms with E-state index in [-0.39, 0.29) is 5.69 Å². The molecule has 1 aromatic carbocycles. The quantitative estimate of drug-likeness (QED) is 0.775. The van der Waals surface area contributed by atoms with Crippen molar-refractivity contribution in [3.05, 3.63) is 53.7 Å². The van der Waals surface area contributed by atoms with Crippen LogP contribution in [0.3, 0.4) is 0 Å². The number of aryl methyl sites for hydroxylation is 2. The first-order valence-corrected chi connectivity index (χ1v) is 6.21. The summed E-state index contributed by atoms with van der Waals surface area (Å²) in [5, 5.41) is 9.09. The molecule has 20 heavy (non-hydrogen) atoms. The molecule has 3 aromatic rings. The van der Waals surface area contributed by atoms with Crippen molar-refractivity contribution in [2.75, 3.05) is 0 Å². The van der Waals surface area contributed by atoms with Crippen LogP contribution in [0, 0.1) is 13.8 Å². The second-order valence-corrected chi connectivity index (χ2v) is 4.71. The fourth-order valence-electron chi connectivity index (χ4n) is 2.21. The Morgan fingerprint density at radius 1 is 1.30 bits per heavy atom. The minimum atomic E-state index is -1.04. The third-order valence-corrected chi connectivity index (χ3v) is 3.22. The van der Waals surface area contributed by atoms with Crippen LogP contribution in [0.5, 0.6) is 0 Å². The molecular weight excluding hydrogens is 254 g/mol. The Balaban J connectivity index is 2.31. The van der Waals surface area contributed by atoms with E-state index in [2.05, 4.69) is 9.97 Å². The molecule has 0 amide bonds. The van der Waals surface area contributed by atoms with Crippen molar-refractivity contribution in [3.63, 3.8) is 0 Å². The van der Waals surface area contributed by atoms with E-state index in [1.54, 1.807) is 10.6 Å². The molecule has 1 N–H and O–H groups in total. The van der Waals surface area contributed by atoms with Gasteiger partial charge in [0.2, 0.25) is 0 Å². The number of hydrogen-bond acceptors (Lipinski definition) is 3. The summed E-state index contributed by atoms with van der Waals surface area (Å²) in [6, 6.07) is 7.97. The van der Waals surface area contributed by atoms with Gasteiger partial charge in [-0.15, -0.1) is 0 Å². The standard InChI is InChI=1S/C15H13N3O2/c1-9-4-3-5-11(6-9)12-7-16-10(2)18-8-13(15(19)20)17-14(12)18/h3-8H,1-2H3,(H,19,20). The van der Waals surface area contributed by atoms with Crippen molar-refractivity contribution >= 4 is 11.6 Å². The summed E-state index contributed by atoms with van der Waals surface area (Å²) in [5.74, 6) is -0.334. The first-order valence-electron chi connectivity index (χ1n) is 6.21. The molecular formula is C15H13N3O2. The lowest BCUT2D eigenvalue weighted by Crippen LogP contribution is -1.96. The fourth-order valence-corrected chi connectivity index (χ4v) is 2.21. The second-order valence-electron chi connectivity index (χ2n) is 4.71. The van der Waals surface area contributed by atoms with Gasteiger partial charge in [0, 0.05) is 18.0 Å². The zero-order chi connectivity index (χ0) is 14.3. The van der Waals surface area contributed by atoms with E-state index in [1.807, 2.05) is 38.1 Å². The molecule has 0 fully saturated rings. The maximum atomic E-state index is 11.1. The number of carboxylic acid groups (broad SMARTS) is 1. The van der Waals surface area contributed by atoms with Crippen LogP contribution in [-0.2, 0) is 0 Å². The Hall–Kier alpha value is -2.69. The Morgan fingerprint density at radius 3 is 2.80 bits per heavy atom. The summed E-state index contributed by atoms with van der Waals surface area (Å²) in [6.07, 6.45) is 3.23. The topological polar surface area (TPSA) is 67.5 Å². The van der Waals surface area contributed by atoms with Gasteiger partial charge >= 0.3 is 5.97 Å². The molecule has 0 radical (unpaired) electrons. The average molecular weight is 267 g/mol. The van der Waals surface area contributed by atoms with Gasteiger partial charge in [-0.2, -0.15) is 0 Å². The van der Waals surface area contributed by atoms with Crippen molar-refractivity contribution in [2.45, 2.75) is 13.8 Å². The van der Waals surface area contributed by atoms with E-state index < -0.39 is 5.97 Å². The van der Waals surface area contributed by atoms with Crippen molar-refractivity contribution in [2.24, 2.45) is 0 Å². The van der Waals surface area contributed by atoms with Crippen LogP contribution in [0.2, 0.25) is 0 Å². The van der Waals surface area contributed by atoms with Gasteiger partial charge in [-0.3, -0.25) is 4.40 Å². The van der Waals surface area contributed by atoms with Gasteiger partial charge in [-0.1, -0.05) is 29.8 Å². The van der Waals surface area contributed by atoms with Gasteiger partial charge in [0.15, 0.2) is 5.69 Å². The summed E-state index contributed by atoms with van der Waals surface area (Å²) in [4.78, 5) is 19.6. The highest BCUT2D eigenvalue weighted by Gasteiger charge is 2.14. The van der Waals surface area contributed by atoms with Crippen LogP contribution in [0.15, 0.2) is 36.7 Å². The Labute approximate surface area is 115 Å². The zero-order valence-corrected chi connectivity index (χ0v) is 11.2. The Kier molecular flexibility index (Phi) is 2.75. The number of aromatic nitrogens is 3. The van der Waals surface area contributed by atoms with Gasteiger partial charge in [0.05, 0.1) is 0 Å². The molecule has 0 saturated carbocycles. The minimum Gasteiger partial charge on any atom is -0.476 e. The number of rotatable bonds is 2.